The van der Waals surface area contributed by atoms with Gasteiger partial charge in [-0.3, -0.25) is 10.2 Å². The molecule has 2 N–H and O–H groups in total. The fourth-order valence-corrected chi connectivity index (χ4v) is 4.96. The number of carbonyl (C=O) groups is 2. The lowest BCUT2D eigenvalue weighted by Gasteiger charge is -2.24. The van der Waals surface area contributed by atoms with Gasteiger partial charge in [-0.1, -0.05) is 30.3 Å². The number of carbonyl (C=O) groups excluding carboxylic acids is 2. The number of nitrogens with one attached hydrogen (secondary N) is 2. The van der Waals surface area contributed by atoms with Crippen molar-refractivity contribution in [3.05, 3.63) is 59.4 Å². The van der Waals surface area contributed by atoms with Crippen LogP contribution in [0.4, 0.5) is 9.18 Å². The maximum atomic E-state index is 14.6. The van der Waals surface area contributed by atoms with Gasteiger partial charge >= 0.3 is 6.09 Å². The van der Waals surface area contributed by atoms with Gasteiger partial charge in [-0.15, -0.1) is 4.83 Å². The fourth-order valence-electron chi connectivity index (χ4n) is 3.74. The Kier molecular flexibility index (Phi) is 7.62. The standard InChI is InChI=1S/C24H30FN3O5S/c1-16-12-19(18-8-6-5-7-9-18)13-20(21(16)25)22(29)26-27-34(31,32)15-17-10-11-28(14-17)23(30)33-24(2,3)4/h5-9,12-13,17,27H,10-11,14-15H2,1-4H3,(H,26,29). The number of amides is 2. The first kappa shape index (κ1) is 25.6. The van der Waals surface area contributed by atoms with Gasteiger partial charge in [0, 0.05) is 13.1 Å². The van der Waals surface area contributed by atoms with Crippen LogP contribution in [-0.4, -0.2) is 49.8 Å². The van der Waals surface area contributed by atoms with E-state index < -0.39 is 33.4 Å². The highest BCUT2D eigenvalue weighted by atomic mass is 32.2. The van der Waals surface area contributed by atoms with Crippen LogP contribution < -0.4 is 10.3 Å². The molecule has 1 unspecified atom stereocenters. The van der Waals surface area contributed by atoms with E-state index >= 15 is 0 Å². The average Bonchev–Trinajstić information content (AvgIpc) is 3.21. The summed E-state index contributed by atoms with van der Waals surface area (Å²) in [6, 6.07) is 12.2. The Bertz CT molecular complexity index is 1160. The van der Waals surface area contributed by atoms with Gasteiger partial charge in [-0.2, -0.15) is 0 Å². The monoisotopic (exact) mass is 491 g/mol. The number of likely N-dealkylation sites (tertiary alicyclic amines) is 1. The Morgan fingerprint density at radius 2 is 1.82 bits per heavy atom. The van der Waals surface area contributed by atoms with Gasteiger partial charge in [0.2, 0.25) is 10.0 Å². The molecule has 1 heterocycles. The largest absolute Gasteiger partial charge is 0.444 e. The third kappa shape index (κ3) is 6.77. The number of aryl methyl sites for hydroxylation is 1. The van der Waals surface area contributed by atoms with E-state index in [0.717, 1.165) is 5.56 Å². The van der Waals surface area contributed by atoms with Crippen LogP contribution in [-0.2, 0) is 14.8 Å². The molecule has 1 aliphatic rings. The number of hydrazine groups is 1. The number of hydrogen-bond donors (Lipinski definition) is 2. The molecule has 184 valence electrons. The molecule has 0 aliphatic carbocycles. The molecule has 10 heteroatoms. The second-order valence-electron chi connectivity index (χ2n) is 9.44. The second-order valence-corrected chi connectivity index (χ2v) is 11.2. The topological polar surface area (TPSA) is 105 Å². The van der Waals surface area contributed by atoms with Crippen LogP contribution in [0, 0.1) is 18.7 Å². The first-order valence-electron chi connectivity index (χ1n) is 11.0. The Morgan fingerprint density at radius 1 is 1.15 bits per heavy atom. The lowest BCUT2D eigenvalue weighted by Crippen LogP contribution is -2.44. The van der Waals surface area contributed by atoms with Gasteiger partial charge in [0.05, 0.1) is 11.3 Å². The van der Waals surface area contributed by atoms with E-state index in [9.17, 15) is 22.4 Å². The molecule has 0 aromatic heterocycles. The third-order valence-electron chi connectivity index (χ3n) is 5.32. The van der Waals surface area contributed by atoms with E-state index in [-0.39, 0.29) is 29.3 Å². The summed E-state index contributed by atoms with van der Waals surface area (Å²) < 4.78 is 45.0. The molecular weight excluding hydrogens is 461 g/mol. The number of nitrogens with zero attached hydrogens (tertiary/aromatic N) is 1. The lowest BCUT2D eigenvalue weighted by atomic mass is 9.99. The smallest absolute Gasteiger partial charge is 0.410 e. The van der Waals surface area contributed by atoms with E-state index in [1.807, 2.05) is 35.2 Å². The highest BCUT2D eigenvalue weighted by Crippen LogP contribution is 2.25. The van der Waals surface area contributed by atoms with E-state index in [1.54, 1.807) is 33.8 Å². The van der Waals surface area contributed by atoms with Gasteiger partial charge < -0.3 is 9.64 Å². The van der Waals surface area contributed by atoms with Gasteiger partial charge in [-0.05, 0) is 68.9 Å². The molecule has 0 radical (unpaired) electrons. The predicted molar refractivity (Wildman–Crippen MR) is 127 cm³/mol. The summed E-state index contributed by atoms with van der Waals surface area (Å²) in [5, 5.41) is 0. The maximum Gasteiger partial charge on any atom is 0.410 e. The molecule has 34 heavy (non-hydrogen) atoms. The summed E-state index contributed by atoms with van der Waals surface area (Å²) in [4.78, 5) is 28.3. The minimum absolute atomic E-state index is 0.233. The molecule has 8 nitrogen and oxygen atoms in total. The number of ether oxygens (including phenoxy) is 1. The molecule has 2 amide bonds. The Labute approximate surface area is 199 Å². The van der Waals surface area contributed by atoms with Crippen LogP contribution in [0.15, 0.2) is 42.5 Å². The van der Waals surface area contributed by atoms with E-state index in [1.165, 1.54) is 11.0 Å². The molecule has 1 saturated heterocycles. The van der Waals surface area contributed by atoms with Crippen molar-refractivity contribution < 1.29 is 27.1 Å². The second kappa shape index (κ2) is 10.1. The minimum atomic E-state index is -3.92. The van der Waals surface area contributed by atoms with Crippen molar-refractivity contribution in [3.8, 4) is 11.1 Å². The predicted octanol–water partition coefficient (Wildman–Crippen LogP) is 3.62. The summed E-state index contributed by atoms with van der Waals surface area (Å²) in [6.07, 6.45) is -0.001000. The SMILES string of the molecule is Cc1cc(-c2ccccc2)cc(C(=O)NNS(=O)(=O)CC2CCN(C(=O)OC(C)(C)C)C2)c1F. The normalized spacial score (nSPS) is 16.4. The summed E-state index contributed by atoms with van der Waals surface area (Å²) in [5.74, 6) is -2.23. The zero-order valence-electron chi connectivity index (χ0n) is 19.7. The molecule has 2 aromatic carbocycles. The molecule has 2 aromatic rings. The molecule has 1 fully saturated rings. The molecular formula is C24H30FN3O5S. The summed E-state index contributed by atoms with van der Waals surface area (Å²) in [6.45, 7) is 7.44. The van der Waals surface area contributed by atoms with Crippen LogP contribution >= 0.6 is 0 Å². The maximum absolute atomic E-state index is 14.6. The molecule has 0 spiro atoms. The van der Waals surface area contributed by atoms with Crippen molar-refractivity contribution in [1.82, 2.24) is 15.2 Å². The van der Waals surface area contributed by atoms with Crippen molar-refractivity contribution in [2.75, 3.05) is 18.8 Å². The van der Waals surface area contributed by atoms with Crippen molar-refractivity contribution >= 4 is 22.0 Å². The van der Waals surface area contributed by atoms with Crippen LogP contribution in [0.5, 0.6) is 0 Å². The molecule has 0 saturated carbocycles. The zero-order chi connectivity index (χ0) is 25.1. The van der Waals surface area contributed by atoms with Crippen LogP contribution in [0.2, 0.25) is 0 Å². The van der Waals surface area contributed by atoms with Gasteiger partial charge in [0.25, 0.3) is 5.91 Å². The minimum Gasteiger partial charge on any atom is -0.444 e. The fraction of sp³-hybridized carbons (Fsp3) is 0.417. The van der Waals surface area contributed by atoms with E-state index in [0.29, 0.717) is 18.5 Å². The summed E-state index contributed by atoms with van der Waals surface area (Å²) in [5.41, 5.74) is 2.90. The summed E-state index contributed by atoms with van der Waals surface area (Å²) in [7, 11) is -3.92. The number of benzene rings is 2. The quantitative estimate of drug-likeness (QED) is 0.601. The third-order valence-corrected chi connectivity index (χ3v) is 6.64. The van der Waals surface area contributed by atoms with E-state index in [4.69, 9.17) is 4.74 Å². The average molecular weight is 492 g/mol. The lowest BCUT2D eigenvalue weighted by molar-refractivity contribution is 0.0289. The van der Waals surface area contributed by atoms with Crippen LogP contribution in [0.25, 0.3) is 11.1 Å². The highest BCUT2D eigenvalue weighted by Gasteiger charge is 2.32. The first-order valence-corrected chi connectivity index (χ1v) is 12.6. The number of sulfonamides is 1. The number of halogens is 1. The summed E-state index contributed by atoms with van der Waals surface area (Å²) >= 11 is 0. The van der Waals surface area contributed by atoms with Crippen molar-refractivity contribution in [1.29, 1.82) is 0 Å². The number of hydrogen-bond acceptors (Lipinski definition) is 5. The van der Waals surface area contributed by atoms with Crippen molar-refractivity contribution in [2.24, 2.45) is 5.92 Å². The molecule has 1 atom stereocenters. The van der Waals surface area contributed by atoms with Gasteiger partial charge in [0.15, 0.2) is 0 Å². The van der Waals surface area contributed by atoms with Gasteiger partial charge in [0.1, 0.15) is 11.4 Å². The van der Waals surface area contributed by atoms with Crippen LogP contribution in [0.1, 0.15) is 43.1 Å². The number of rotatable bonds is 6. The zero-order valence-corrected chi connectivity index (χ0v) is 20.5. The first-order chi connectivity index (χ1) is 15.8. The van der Waals surface area contributed by atoms with Gasteiger partial charge in [-0.25, -0.2) is 17.6 Å². The Hall–Kier alpha value is -2.98. The molecule has 3 rings (SSSR count). The molecule has 1 aliphatic heterocycles. The Balaban J connectivity index is 1.61. The van der Waals surface area contributed by atoms with Crippen molar-refractivity contribution in [3.63, 3.8) is 0 Å². The Morgan fingerprint density at radius 3 is 2.47 bits per heavy atom. The van der Waals surface area contributed by atoms with Crippen molar-refractivity contribution in [2.45, 2.75) is 39.7 Å². The molecule has 0 bridgehead atoms. The van der Waals surface area contributed by atoms with E-state index in [2.05, 4.69) is 5.43 Å². The van der Waals surface area contributed by atoms with Crippen LogP contribution in [0.3, 0.4) is 0 Å². The highest BCUT2D eigenvalue weighted by molar-refractivity contribution is 7.89.